The quantitative estimate of drug-likeness (QED) is 0.296. The summed E-state index contributed by atoms with van der Waals surface area (Å²) in [6, 6.07) is 14.2. The number of rotatable bonds is 6. The molecule has 0 fully saturated rings. The van der Waals surface area contributed by atoms with Gasteiger partial charge < -0.3 is 14.7 Å². The van der Waals surface area contributed by atoms with Crippen LogP contribution in [0.15, 0.2) is 64.8 Å². The largest absolute Gasteiger partial charge is 0.506 e. The smallest absolute Gasteiger partial charge is 0.307 e. The monoisotopic (exact) mass is 497 g/mol. The van der Waals surface area contributed by atoms with Gasteiger partial charge in [0.1, 0.15) is 11.4 Å². The predicted octanol–water partition coefficient (Wildman–Crippen LogP) is 4.93. The number of benzene rings is 3. The van der Waals surface area contributed by atoms with E-state index in [1.165, 1.54) is 12.1 Å². The highest BCUT2D eigenvalue weighted by Crippen LogP contribution is 2.39. The third kappa shape index (κ3) is 4.40. The number of hydrogen-bond acceptors (Lipinski definition) is 9. The lowest BCUT2D eigenvalue weighted by Gasteiger charge is -2.30. The normalized spacial score (nSPS) is 14.4. The van der Waals surface area contributed by atoms with Crippen LogP contribution >= 0.6 is 0 Å². The molecular weight excluding hydrogens is 474 g/mol. The fourth-order valence-corrected chi connectivity index (χ4v) is 4.63. The zero-order valence-electron chi connectivity index (χ0n) is 20.1. The SMILES string of the molecule is CCOC(=O)CCN1CCC(=O)c2cc(/N=N/c3cccc4c3C(=O)c3ccccc3C4=O)c(O)cc21. The highest BCUT2D eigenvalue weighted by molar-refractivity contribution is 6.29. The molecule has 37 heavy (non-hydrogen) atoms. The molecule has 1 N–H and O–H groups in total. The van der Waals surface area contributed by atoms with Crippen LogP contribution in [0.25, 0.3) is 0 Å². The van der Waals surface area contributed by atoms with Crippen molar-refractivity contribution in [3.05, 3.63) is 82.4 Å². The van der Waals surface area contributed by atoms with Gasteiger partial charge in [0.15, 0.2) is 17.3 Å². The second-order valence-corrected chi connectivity index (χ2v) is 8.68. The number of hydrogen-bond donors (Lipinski definition) is 1. The molecule has 2 aliphatic rings. The number of anilines is 1. The lowest BCUT2D eigenvalue weighted by molar-refractivity contribution is -0.142. The Balaban J connectivity index is 1.47. The Bertz CT molecular complexity index is 1490. The van der Waals surface area contributed by atoms with E-state index in [-0.39, 0.29) is 64.4 Å². The predicted molar refractivity (Wildman–Crippen MR) is 134 cm³/mol. The highest BCUT2D eigenvalue weighted by atomic mass is 16.5. The number of carbonyl (C=O) groups excluding carboxylic acids is 4. The fraction of sp³-hybridized carbons (Fsp3) is 0.214. The third-order valence-corrected chi connectivity index (χ3v) is 6.43. The lowest BCUT2D eigenvalue weighted by atomic mass is 9.83. The summed E-state index contributed by atoms with van der Waals surface area (Å²) in [6.07, 6.45) is 0.401. The molecule has 0 radical (unpaired) electrons. The van der Waals surface area contributed by atoms with E-state index in [1.807, 2.05) is 4.90 Å². The van der Waals surface area contributed by atoms with Crippen LogP contribution in [0.3, 0.4) is 0 Å². The van der Waals surface area contributed by atoms with E-state index >= 15 is 0 Å². The Morgan fingerprint density at radius 2 is 1.62 bits per heavy atom. The molecule has 0 unspecified atom stereocenters. The number of phenolic OH excluding ortho intramolecular Hbond substituents is 1. The number of nitrogens with zero attached hydrogens (tertiary/aromatic N) is 3. The van der Waals surface area contributed by atoms with E-state index < -0.39 is 0 Å². The molecule has 0 spiro atoms. The maximum Gasteiger partial charge on any atom is 0.307 e. The number of azo groups is 1. The second-order valence-electron chi connectivity index (χ2n) is 8.68. The van der Waals surface area contributed by atoms with Crippen LogP contribution < -0.4 is 4.90 Å². The fourth-order valence-electron chi connectivity index (χ4n) is 4.63. The molecule has 0 atom stereocenters. The molecule has 9 nitrogen and oxygen atoms in total. The van der Waals surface area contributed by atoms with Crippen LogP contribution in [0.4, 0.5) is 17.1 Å². The maximum absolute atomic E-state index is 13.2. The van der Waals surface area contributed by atoms with Crippen LogP contribution in [-0.2, 0) is 9.53 Å². The lowest BCUT2D eigenvalue weighted by Crippen LogP contribution is -2.34. The van der Waals surface area contributed by atoms with Crippen molar-refractivity contribution in [2.24, 2.45) is 10.2 Å². The zero-order valence-corrected chi connectivity index (χ0v) is 20.1. The topological polar surface area (TPSA) is 126 Å². The van der Waals surface area contributed by atoms with Gasteiger partial charge in [0.2, 0.25) is 0 Å². The molecule has 3 aromatic carbocycles. The molecule has 5 rings (SSSR count). The van der Waals surface area contributed by atoms with Crippen LogP contribution in [0, 0.1) is 0 Å². The van der Waals surface area contributed by atoms with Crippen molar-refractivity contribution in [1.29, 1.82) is 0 Å². The van der Waals surface area contributed by atoms with Crippen LogP contribution in [0.1, 0.15) is 62.0 Å². The van der Waals surface area contributed by atoms with E-state index in [9.17, 15) is 24.3 Å². The van der Waals surface area contributed by atoms with Crippen molar-refractivity contribution in [1.82, 2.24) is 0 Å². The summed E-state index contributed by atoms with van der Waals surface area (Å²) < 4.78 is 4.98. The van der Waals surface area contributed by atoms with Gasteiger partial charge >= 0.3 is 5.97 Å². The van der Waals surface area contributed by atoms with E-state index in [2.05, 4.69) is 10.2 Å². The Kier molecular flexibility index (Phi) is 6.35. The number of ether oxygens (including phenoxy) is 1. The number of aromatic hydroxyl groups is 1. The molecule has 0 bridgehead atoms. The first-order valence-corrected chi connectivity index (χ1v) is 11.9. The average Bonchev–Trinajstić information content (AvgIpc) is 2.90. The van der Waals surface area contributed by atoms with Gasteiger partial charge in [-0.05, 0) is 19.1 Å². The van der Waals surface area contributed by atoms with Crippen LogP contribution in [-0.4, -0.2) is 48.1 Å². The summed E-state index contributed by atoms with van der Waals surface area (Å²) >= 11 is 0. The Morgan fingerprint density at radius 1 is 0.919 bits per heavy atom. The molecule has 1 heterocycles. The van der Waals surface area contributed by atoms with Crippen molar-refractivity contribution in [3.8, 4) is 5.75 Å². The van der Waals surface area contributed by atoms with Crippen molar-refractivity contribution in [2.75, 3.05) is 24.6 Å². The summed E-state index contributed by atoms with van der Waals surface area (Å²) in [7, 11) is 0. The molecule has 0 aromatic heterocycles. The van der Waals surface area contributed by atoms with Gasteiger partial charge in [-0.2, -0.15) is 0 Å². The minimum atomic E-state index is -0.336. The number of Topliss-reactive ketones (excluding diaryl/α,β-unsaturated/α-hetero) is 1. The zero-order chi connectivity index (χ0) is 26.1. The Morgan fingerprint density at radius 3 is 2.38 bits per heavy atom. The molecule has 0 saturated carbocycles. The van der Waals surface area contributed by atoms with E-state index in [0.717, 1.165) is 0 Å². The van der Waals surface area contributed by atoms with E-state index in [1.54, 1.807) is 49.4 Å². The van der Waals surface area contributed by atoms with Crippen LogP contribution in [0.5, 0.6) is 5.75 Å². The van der Waals surface area contributed by atoms with E-state index in [0.29, 0.717) is 42.1 Å². The molecule has 0 amide bonds. The summed E-state index contributed by atoms with van der Waals surface area (Å²) in [5.41, 5.74) is 2.12. The Labute approximate surface area is 212 Å². The van der Waals surface area contributed by atoms with Gasteiger partial charge in [0.05, 0.1) is 30.0 Å². The molecule has 1 aliphatic carbocycles. The molecule has 1 aliphatic heterocycles. The molecule has 0 saturated heterocycles. The van der Waals surface area contributed by atoms with Gasteiger partial charge in [0, 0.05) is 47.8 Å². The first kappa shape index (κ1) is 24.1. The van der Waals surface area contributed by atoms with Gasteiger partial charge in [-0.3, -0.25) is 19.2 Å². The number of fused-ring (bicyclic) bond motifs is 3. The molecule has 186 valence electrons. The minimum Gasteiger partial charge on any atom is -0.506 e. The Hall–Kier alpha value is -4.66. The van der Waals surface area contributed by atoms with Crippen LogP contribution in [0.2, 0.25) is 0 Å². The van der Waals surface area contributed by atoms with Gasteiger partial charge in [-0.1, -0.05) is 36.4 Å². The average molecular weight is 498 g/mol. The second kappa shape index (κ2) is 9.77. The van der Waals surface area contributed by atoms with Crippen molar-refractivity contribution in [2.45, 2.75) is 19.8 Å². The summed E-state index contributed by atoms with van der Waals surface area (Å²) in [5, 5.41) is 19.0. The molecule has 9 heteroatoms. The first-order valence-electron chi connectivity index (χ1n) is 11.9. The maximum atomic E-state index is 13.2. The van der Waals surface area contributed by atoms with Crippen molar-refractivity contribution in [3.63, 3.8) is 0 Å². The number of phenols is 1. The minimum absolute atomic E-state index is 0.0481. The number of carbonyl (C=O) groups is 4. The number of esters is 1. The summed E-state index contributed by atoms with van der Waals surface area (Å²) in [6.45, 7) is 2.78. The summed E-state index contributed by atoms with van der Waals surface area (Å²) in [4.78, 5) is 52.4. The molecular formula is C28H23N3O6. The first-order chi connectivity index (χ1) is 17.9. The summed E-state index contributed by atoms with van der Waals surface area (Å²) in [5.74, 6) is -1.27. The highest BCUT2D eigenvalue weighted by Gasteiger charge is 2.31. The molecule has 3 aromatic rings. The van der Waals surface area contributed by atoms with E-state index in [4.69, 9.17) is 4.74 Å². The van der Waals surface area contributed by atoms with Crippen molar-refractivity contribution < 1.29 is 29.0 Å². The standard InChI is InChI=1S/C28H23N3O6/c1-2-37-25(34)11-13-31-12-10-23(32)19-14-21(24(33)15-22(19)31)30-29-20-9-5-8-18-26(20)28(36)17-7-4-3-6-16(17)27(18)35/h3-9,14-15,33H,2,10-13H2,1H3/b30-29+. The van der Waals surface area contributed by atoms with Gasteiger partial charge in [-0.15, -0.1) is 10.2 Å². The van der Waals surface area contributed by atoms with Gasteiger partial charge in [0.25, 0.3) is 0 Å². The third-order valence-electron chi connectivity index (χ3n) is 6.43. The van der Waals surface area contributed by atoms with Gasteiger partial charge in [-0.25, -0.2) is 0 Å². The number of ketones is 3. The van der Waals surface area contributed by atoms with Crippen molar-refractivity contribution >= 4 is 40.4 Å².